The SMILES string of the molecule is COc1cccc(C)c1[C@@H](O)C[C@H]1CCCN1. The minimum atomic E-state index is -0.443. The highest BCUT2D eigenvalue weighted by Crippen LogP contribution is 2.32. The molecule has 2 N–H and O–H groups in total. The lowest BCUT2D eigenvalue weighted by molar-refractivity contribution is 0.150. The summed E-state index contributed by atoms with van der Waals surface area (Å²) in [6.45, 7) is 3.09. The van der Waals surface area contributed by atoms with Crippen LogP contribution in [0.3, 0.4) is 0 Å². The highest BCUT2D eigenvalue weighted by atomic mass is 16.5. The number of hydrogen-bond donors (Lipinski definition) is 2. The van der Waals surface area contributed by atoms with Crippen molar-refractivity contribution in [1.82, 2.24) is 5.32 Å². The molecule has 1 saturated heterocycles. The van der Waals surface area contributed by atoms with Crippen molar-refractivity contribution in [3.05, 3.63) is 29.3 Å². The molecule has 0 aliphatic carbocycles. The van der Waals surface area contributed by atoms with Crippen LogP contribution in [0.15, 0.2) is 18.2 Å². The summed E-state index contributed by atoms with van der Waals surface area (Å²) >= 11 is 0. The Kier molecular flexibility index (Phi) is 4.02. The predicted molar refractivity (Wildman–Crippen MR) is 68.3 cm³/mol. The fourth-order valence-electron chi connectivity index (χ4n) is 2.60. The summed E-state index contributed by atoms with van der Waals surface area (Å²) in [5, 5.41) is 13.8. The summed E-state index contributed by atoms with van der Waals surface area (Å²) in [6.07, 6.45) is 2.69. The van der Waals surface area contributed by atoms with Crippen molar-refractivity contribution < 1.29 is 9.84 Å². The fourth-order valence-corrected chi connectivity index (χ4v) is 2.60. The van der Waals surface area contributed by atoms with Gasteiger partial charge >= 0.3 is 0 Å². The number of nitrogens with one attached hydrogen (secondary N) is 1. The van der Waals surface area contributed by atoms with E-state index in [1.807, 2.05) is 25.1 Å². The summed E-state index contributed by atoms with van der Waals surface area (Å²) in [4.78, 5) is 0. The molecule has 1 aliphatic heterocycles. The molecule has 0 spiro atoms. The van der Waals surface area contributed by atoms with Gasteiger partial charge in [0.05, 0.1) is 13.2 Å². The fraction of sp³-hybridized carbons (Fsp3) is 0.571. The van der Waals surface area contributed by atoms with E-state index < -0.39 is 6.10 Å². The van der Waals surface area contributed by atoms with E-state index in [0.717, 1.165) is 36.3 Å². The van der Waals surface area contributed by atoms with Gasteiger partial charge in [0.15, 0.2) is 0 Å². The molecule has 1 heterocycles. The van der Waals surface area contributed by atoms with E-state index in [1.54, 1.807) is 7.11 Å². The molecule has 3 heteroatoms. The van der Waals surface area contributed by atoms with Crippen molar-refractivity contribution in [1.29, 1.82) is 0 Å². The molecule has 2 atom stereocenters. The second kappa shape index (κ2) is 5.52. The number of rotatable bonds is 4. The van der Waals surface area contributed by atoms with Crippen LogP contribution in [-0.2, 0) is 0 Å². The number of aliphatic hydroxyl groups is 1. The first-order valence-corrected chi connectivity index (χ1v) is 6.27. The molecule has 0 bridgehead atoms. The number of aliphatic hydroxyl groups excluding tert-OH is 1. The summed E-state index contributed by atoms with van der Waals surface area (Å²) in [7, 11) is 1.65. The molecule has 3 nitrogen and oxygen atoms in total. The van der Waals surface area contributed by atoms with Gasteiger partial charge in [0.25, 0.3) is 0 Å². The van der Waals surface area contributed by atoms with Gasteiger partial charge in [-0.25, -0.2) is 0 Å². The first-order chi connectivity index (χ1) is 8.22. The van der Waals surface area contributed by atoms with Crippen molar-refractivity contribution in [2.24, 2.45) is 0 Å². The second-order valence-corrected chi connectivity index (χ2v) is 4.74. The van der Waals surface area contributed by atoms with Crippen LogP contribution in [0.5, 0.6) is 5.75 Å². The second-order valence-electron chi connectivity index (χ2n) is 4.74. The third-order valence-corrected chi connectivity index (χ3v) is 3.51. The Balaban J connectivity index is 2.14. The lowest BCUT2D eigenvalue weighted by atomic mass is 9.96. The van der Waals surface area contributed by atoms with Crippen LogP contribution >= 0.6 is 0 Å². The maximum absolute atomic E-state index is 10.4. The van der Waals surface area contributed by atoms with Crippen LogP contribution in [0.4, 0.5) is 0 Å². The number of aryl methyl sites for hydroxylation is 1. The maximum atomic E-state index is 10.4. The number of hydrogen-bond acceptors (Lipinski definition) is 3. The lowest BCUT2D eigenvalue weighted by Gasteiger charge is -2.20. The van der Waals surface area contributed by atoms with Crippen LogP contribution in [0.1, 0.15) is 36.5 Å². The van der Waals surface area contributed by atoms with Crippen LogP contribution in [0, 0.1) is 6.92 Å². The van der Waals surface area contributed by atoms with Crippen molar-refractivity contribution >= 4 is 0 Å². The number of methoxy groups -OCH3 is 1. The van der Waals surface area contributed by atoms with E-state index >= 15 is 0 Å². The van der Waals surface area contributed by atoms with Gasteiger partial charge in [-0.2, -0.15) is 0 Å². The highest BCUT2D eigenvalue weighted by Gasteiger charge is 2.22. The first-order valence-electron chi connectivity index (χ1n) is 6.27. The molecule has 1 aromatic carbocycles. The van der Waals surface area contributed by atoms with Gasteiger partial charge in [-0.1, -0.05) is 12.1 Å². The molecule has 0 unspecified atom stereocenters. The monoisotopic (exact) mass is 235 g/mol. The van der Waals surface area contributed by atoms with Crippen LogP contribution < -0.4 is 10.1 Å². The number of ether oxygens (including phenoxy) is 1. The molecular formula is C14H21NO2. The predicted octanol–water partition coefficient (Wildman–Crippen LogP) is 2.18. The Morgan fingerprint density at radius 1 is 1.53 bits per heavy atom. The number of benzene rings is 1. The minimum Gasteiger partial charge on any atom is -0.496 e. The van der Waals surface area contributed by atoms with E-state index in [0.29, 0.717) is 6.04 Å². The zero-order chi connectivity index (χ0) is 12.3. The molecule has 0 amide bonds. The van der Waals surface area contributed by atoms with Crippen molar-refractivity contribution in [2.75, 3.05) is 13.7 Å². The van der Waals surface area contributed by atoms with Gasteiger partial charge < -0.3 is 15.2 Å². The van der Waals surface area contributed by atoms with Gasteiger partial charge in [-0.3, -0.25) is 0 Å². The molecule has 17 heavy (non-hydrogen) atoms. The van der Waals surface area contributed by atoms with Crippen LogP contribution in [0.2, 0.25) is 0 Å². The van der Waals surface area contributed by atoms with Gasteiger partial charge in [-0.15, -0.1) is 0 Å². The van der Waals surface area contributed by atoms with Crippen molar-refractivity contribution in [3.8, 4) is 5.75 Å². The van der Waals surface area contributed by atoms with Crippen molar-refractivity contribution in [2.45, 2.75) is 38.3 Å². The zero-order valence-corrected chi connectivity index (χ0v) is 10.6. The quantitative estimate of drug-likeness (QED) is 0.840. The molecule has 0 radical (unpaired) electrons. The lowest BCUT2D eigenvalue weighted by Crippen LogP contribution is -2.24. The zero-order valence-electron chi connectivity index (χ0n) is 10.6. The molecule has 1 aliphatic rings. The Bertz CT molecular complexity index is 372. The van der Waals surface area contributed by atoms with Gasteiger partial charge in [-0.05, 0) is 44.4 Å². The van der Waals surface area contributed by atoms with Crippen molar-refractivity contribution in [3.63, 3.8) is 0 Å². The molecule has 1 aromatic rings. The molecule has 1 fully saturated rings. The third-order valence-electron chi connectivity index (χ3n) is 3.51. The van der Waals surface area contributed by atoms with E-state index in [9.17, 15) is 5.11 Å². The molecule has 0 saturated carbocycles. The summed E-state index contributed by atoms with van der Waals surface area (Å²) in [5.74, 6) is 0.787. The van der Waals surface area contributed by atoms with Crippen LogP contribution in [-0.4, -0.2) is 24.8 Å². The summed E-state index contributed by atoms with van der Waals surface area (Å²) in [5.41, 5.74) is 2.03. The summed E-state index contributed by atoms with van der Waals surface area (Å²) in [6, 6.07) is 6.32. The molecule has 94 valence electrons. The normalized spacial score (nSPS) is 21.5. The average molecular weight is 235 g/mol. The summed E-state index contributed by atoms with van der Waals surface area (Å²) < 4.78 is 5.33. The van der Waals surface area contributed by atoms with Gasteiger partial charge in [0.2, 0.25) is 0 Å². The van der Waals surface area contributed by atoms with Gasteiger partial charge in [0, 0.05) is 11.6 Å². The maximum Gasteiger partial charge on any atom is 0.124 e. The Morgan fingerprint density at radius 2 is 2.35 bits per heavy atom. The molecule has 2 rings (SSSR count). The van der Waals surface area contributed by atoms with Gasteiger partial charge in [0.1, 0.15) is 5.75 Å². The largest absolute Gasteiger partial charge is 0.496 e. The molecule has 0 aromatic heterocycles. The minimum absolute atomic E-state index is 0.439. The standard InChI is InChI=1S/C14H21NO2/c1-10-5-3-7-13(17-2)14(10)12(16)9-11-6-4-8-15-11/h3,5,7,11-12,15-16H,4,6,8-9H2,1-2H3/t11-,12+/m1/s1. The van der Waals surface area contributed by atoms with E-state index in [2.05, 4.69) is 5.32 Å². The Morgan fingerprint density at radius 3 is 3.00 bits per heavy atom. The van der Waals surface area contributed by atoms with Crippen LogP contribution in [0.25, 0.3) is 0 Å². The average Bonchev–Trinajstić information content (AvgIpc) is 2.81. The highest BCUT2D eigenvalue weighted by molar-refractivity contribution is 5.41. The Hall–Kier alpha value is -1.06. The topological polar surface area (TPSA) is 41.5 Å². The molecular weight excluding hydrogens is 214 g/mol. The third kappa shape index (κ3) is 2.79. The van der Waals surface area contributed by atoms with E-state index in [-0.39, 0.29) is 0 Å². The van der Waals surface area contributed by atoms with E-state index in [4.69, 9.17) is 4.74 Å². The Labute approximate surface area is 103 Å². The first kappa shape index (κ1) is 12.4. The smallest absolute Gasteiger partial charge is 0.124 e. The van der Waals surface area contributed by atoms with E-state index in [1.165, 1.54) is 6.42 Å².